The normalized spacial score (nSPS) is 14.6. The molecule has 3 atom stereocenters. The van der Waals surface area contributed by atoms with E-state index < -0.39 is 39.6 Å². The molecule has 0 saturated carbocycles. The fourth-order valence-corrected chi connectivity index (χ4v) is 3.13. The molecule has 11 heteroatoms. The molecule has 0 aliphatic heterocycles. The first-order valence-corrected chi connectivity index (χ1v) is 11.6. The van der Waals surface area contributed by atoms with E-state index in [1.807, 2.05) is 27.7 Å². The van der Waals surface area contributed by atoms with E-state index in [1.165, 1.54) is 12.1 Å². The van der Waals surface area contributed by atoms with Crippen molar-refractivity contribution >= 4 is 22.1 Å². The maximum atomic E-state index is 13.3. The summed E-state index contributed by atoms with van der Waals surface area (Å²) in [6.07, 6.45) is -1.71. The fraction of sp³-hybridized carbons (Fsp3) is 0.619. The lowest BCUT2D eigenvalue weighted by atomic mass is 10.1. The van der Waals surface area contributed by atoms with Crippen molar-refractivity contribution in [3.8, 4) is 0 Å². The summed E-state index contributed by atoms with van der Waals surface area (Å²) in [5, 5.41) is 2.22. The molecule has 1 N–H and O–H groups in total. The first-order chi connectivity index (χ1) is 14.9. The average Bonchev–Trinajstić information content (AvgIpc) is 2.72. The molecule has 0 aliphatic carbocycles. The molecule has 0 spiro atoms. The number of hydrogen-bond donors (Lipinski definition) is 1. The summed E-state index contributed by atoms with van der Waals surface area (Å²) in [7, 11) is -5.07. The lowest BCUT2D eigenvalue weighted by Crippen LogP contribution is -2.34. The van der Waals surface area contributed by atoms with Crippen molar-refractivity contribution in [2.75, 3.05) is 26.4 Å². The minimum absolute atomic E-state index is 0.0852. The molecule has 0 fully saturated rings. The van der Waals surface area contributed by atoms with Crippen molar-refractivity contribution in [2.45, 2.75) is 63.9 Å². The molecule has 1 amide bonds. The van der Waals surface area contributed by atoms with E-state index in [0.29, 0.717) is 13.2 Å². The van der Waals surface area contributed by atoms with Crippen molar-refractivity contribution in [3.05, 3.63) is 29.8 Å². The van der Waals surface area contributed by atoms with Gasteiger partial charge in [0.05, 0.1) is 44.7 Å². The zero-order valence-corrected chi connectivity index (χ0v) is 19.8. The number of amides is 1. The Hall–Kier alpha value is -2.08. The number of carbonyl (C=O) groups excluding carboxylic acids is 2. The number of hydrogen-bond acceptors (Lipinski definition) is 8. The van der Waals surface area contributed by atoms with Gasteiger partial charge in [-0.05, 0) is 46.8 Å². The minimum atomic E-state index is -5.07. The van der Waals surface area contributed by atoms with E-state index in [0.717, 1.165) is 12.1 Å². The predicted octanol–water partition coefficient (Wildman–Crippen LogP) is 2.88. The Morgan fingerprint density at radius 1 is 0.906 bits per heavy atom. The highest BCUT2D eigenvalue weighted by atomic mass is 32.3. The Morgan fingerprint density at radius 3 is 2.00 bits per heavy atom. The van der Waals surface area contributed by atoms with E-state index in [-0.39, 0.29) is 30.5 Å². The second-order valence-corrected chi connectivity index (χ2v) is 8.91. The molecule has 0 bridgehead atoms. The molecule has 9 nitrogen and oxygen atoms in total. The zero-order valence-electron chi connectivity index (χ0n) is 19.0. The number of ether oxygens (including phenoxy) is 4. The van der Waals surface area contributed by atoms with Gasteiger partial charge < -0.3 is 24.3 Å². The summed E-state index contributed by atoms with van der Waals surface area (Å²) in [4.78, 5) is 23.3. The topological polar surface area (TPSA) is 117 Å². The van der Waals surface area contributed by atoms with Crippen LogP contribution in [0.25, 0.3) is 0 Å². The van der Waals surface area contributed by atoms with Gasteiger partial charge in [-0.15, -0.1) is 3.89 Å². The SMILES string of the molecule is CC(C)OCC(C)OCC(C)OCC(C)OC(=O)NCC(=O)c1ccccc1S(=O)(=O)F. The molecule has 0 heterocycles. The Labute approximate surface area is 188 Å². The fourth-order valence-electron chi connectivity index (χ4n) is 2.44. The van der Waals surface area contributed by atoms with E-state index in [4.69, 9.17) is 18.9 Å². The first kappa shape index (κ1) is 28.0. The molecule has 0 aliphatic rings. The molecule has 0 aromatic heterocycles. The van der Waals surface area contributed by atoms with Crippen LogP contribution in [0.2, 0.25) is 0 Å². The van der Waals surface area contributed by atoms with Gasteiger partial charge in [-0.2, -0.15) is 8.42 Å². The maximum absolute atomic E-state index is 13.3. The number of alkyl carbamates (subject to hydrolysis) is 1. The number of Topliss-reactive ketones (excluding diaryl/α,β-unsaturated/α-hetero) is 1. The Kier molecular flexibility index (Phi) is 11.8. The van der Waals surface area contributed by atoms with E-state index >= 15 is 0 Å². The summed E-state index contributed by atoms with van der Waals surface area (Å²) in [6, 6.07) is 4.82. The van der Waals surface area contributed by atoms with Gasteiger partial charge in [0.15, 0.2) is 5.78 Å². The predicted molar refractivity (Wildman–Crippen MR) is 115 cm³/mol. The first-order valence-electron chi connectivity index (χ1n) is 10.3. The monoisotopic (exact) mass is 477 g/mol. The van der Waals surface area contributed by atoms with Gasteiger partial charge in [0.2, 0.25) is 0 Å². The van der Waals surface area contributed by atoms with Crippen molar-refractivity contribution < 1.29 is 40.8 Å². The standard InChI is InChI=1S/C21H32FNO8S/c1-14(2)28-11-15(3)29-12-16(4)30-13-17(5)31-21(25)23-10-19(24)18-8-6-7-9-20(18)32(22,26)27/h6-9,14-17H,10-13H2,1-5H3,(H,23,25). The number of ketones is 1. The lowest BCUT2D eigenvalue weighted by Gasteiger charge is -2.20. The molecule has 182 valence electrons. The minimum Gasteiger partial charge on any atom is -0.444 e. The molecule has 1 aromatic carbocycles. The van der Waals surface area contributed by atoms with Crippen LogP contribution in [-0.4, -0.2) is 71.1 Å². The number of nitrogens with one attached hydrogen (secondary N) is 1. The van der Waals surface area contributed by atoms with Crippen LogP contribution in [0.5, 0.6) is 0 Å². The molecule has 0 saturated heterocycles. The van der Waals surface area contributed by atoms with Crippen LogP contribution in [0, 0.1) is 0 Å². The van der Waals surface area contributed by atoms with Crippen molar-refractivity contribution in [1.82, 2.24) is 5.32 Å². The molecular formula is C21H32FNO8S. The lowest BCUT2D eigenvalue weighted by molar-refractivity contribution is -0.0770. The van der Waals surface area contributed by atoms with E-state index in [1.54, 1.807) is 6.92 Å². The van der Waals surface area contributed by atoms with Gasteiger partial charge in [-0.25, -0.2) is 4.79 Å². The second-order valence-electron chi connectivity index (χ2n) is 7.60. The van der Waals surface area contributed by atoms with Crippen LogP contribution >= 0.6 is 0 Å². The van der Waals surface area contributed by atoms with Crippen molar-refractivity contribution in [1.29, 1.82) is 0 Å². The highest BCUT2D eigenvalue weighted by Crippen LogP contribution is 2.18. The Balaban J connectivity index is 2.36. The van der Waals surface area contributed by atoms with Crippen LogP contribution in [0.3, 0.4) is 0 Å². The third-order valence-electron chi connectivity index (χ3n) is 4.05. The Bertz CT molecular complexity index is 846. The number of benzene rings is 1. The van der Waals surface area contributed by atoms with Crippen LogP contribution in [0.1, 0.15) is 45.0 Å². The van der Waals surface area contributed by atoms with Gasteiger partial charge in [0.1, 0.15) is 11.0 Å². The highest BCUT2D eigenvalue weighted by molar-refractivity contribution is 7.86. The zero-order chi connectivity index (χ0) is 24.3. The summed E-state index contributed by atoms with van der Waals surface area (Å²) < 4.78 is 57.4. The van der Waals surface area contributed by atoms with Gasteiger partial charge in [-0.1, -0.05) is 12.1 Å². The van der Waals surface area contributed by atoms with E-state index in [9.17, 15) is 21.9 Å². The summed E-state index contributed by atoms with van der Waals surface area (Å²) in [5.74, 6) is -0.774. The third-order valence-corrected chi connectivity index (χ3v) is 4.93. The largest absolute Gasteiger partial charge is 0.444 e. The van der Waals surface area contributed by atoms with Gasteiger partial charge in [0.25, 0.3) is 0 Å². The summed E-state index contributed by atoms with van der Waals surface area (Å²) in [6.45, 7) is 9.58. The summed E-state index contributed by atoms with van der Waals surface area (Å²) >= 11 is 0. The van der Waals surface area contributed by atoms with Crippen LogP contribution in [-0.2, 0) is 29.2 Å². The molecular weight excluding hydrogens is 445 g/mol. The Morgan fingerprint density at radius 2 is 1.44 bits per heavy atom. The number of carbonyl (C=O) groups is 2. The summed E-state index contributed by atoms with van der Waals surface area (Å²) in [5.41, 5.74) is -0.353. The molecule has 1 aromatic rings. The van der Waals surface area contributed by atoms with Crippen molar-refractivity contribution in [3.63, 3.8) is 0 Å². The maximum Gasteiger partial charge on any atom is 0.407 e. The van der Waals surface area contributed by atoms with Crippen LogP contribution in [0.15, 0.2) is 29.2 Å². The highest BCUT2D eigenvalue weighted by Gasteiger charge is 2.22. The smallest absolute Gasteiger partial charge is 0.407 e. The quantitative estimate of drug-likeness (QED) is 0.321. The molecule has 32 heavy (non-hydrogen) atoms. The molecule has 3 unspecified atom stereocenters. The van der Waals surface area contributed by atoms with Crippen LogP contribution < -0.4 is 5.32 Å². The van der Waals surface area contributed by atoms with Crippen LogP contribution in [0.4, 0.5) is 8.68 Å². The van der Waals surface area contributed by atoms with Gasteiger partial charge in [0, 0.05) is 5.56 Å². The average molecular weight is 478 g/mol. The molecule has 0 radical (unpaired) electrons. The van der Waals surface area contributed by atoms with E-state index in [2.05, 4.69) is 5.32 Å². The molecule has 1 rings (SSSR count). The second kappa shape index (κ2) is 13.5. The van der Waals surface area contributed by atoms with Gasteiger partial charge in [-0.3, -0.25) is 4.79 Å². The van der Waals surface area contributed by atoms with Gasteiger partial charge >= 0.3 is 16.3 Å². The van der Waals surface area contributed by atoms with Crippen molar-refractivity contribution in [2.24, 2.45) is 0 Å². The number of rotatable bonds is 14. The number of halogens is 1. The third kappa shape index (κ3) is 11.0.